The van der Waals surface area contributed by atoms with Crippen LogP contribution in [0.25, 0.3) is 11.1 Å². The molecule has 30 heavy (non-hydrogen) atoms. The van der Waals surface area contributed by atoms with Gasteiger partial charge in [0.05, 0.1) is 0 Å². The van der Waals surface area contributed by atoms with Gasteiger partial charge in [0.15, 0.2) is 11.6 Å². The maximum atomic E-state index is 12.5. The summed E-state index contributed by atoms with van der Waals surface area (Å²) >= 11 is 0. The van der Waals surface area contributed by atoms with Crippen molar-refractivity contribution in [1.29, 1.82) is 0 Å². The van der Waals surface area contributed by atoms with Gasteiger partial charge in [-0.25, -0.2) is 0 Å². The minimum absolute atomic E-state index is 0.106. The monoisotopic (exact) mass is 390 g/mol. The second kappa shape index (κ2) is 9.15. The first-order valence-electron chi connectivity index (χ1n) is 10.0. The number of Topliss-reactive ketones (excluding diaryl/α,β-unsaturated/α-hetero) is 2. The van der Waals surface area contributed by atoms with Gasteiger partial charge < -0.3 is 0 Å². The second-order valence-electron chi connectivity index (χ2n) is 7.33. The number of carbonyl (C=O) groups excluding carboxylic acids is 2. The highest BCUT2D eigenvalue weighted by Gasteiger charge is 2.09. The van der Waals surface area contributed by atoms with E-state index in [4.69, 9.17) is 0 Å². The maximum Gasteiger partial charge on any atom is 0.167 e. The van der Waals surface area contributed by atoms with Crippen molar-refractivity contribution < 1.29 is 9.59 Å². The van der Waals surface area contributed by atoms with Crippen LogP contribution in [0.1, 0.15) is 31.8 Å². The van der Waals surface area contributed by atoms with Gasteiger partial charge in [-0.1, -0.05) is 109 Å². The van der Waals surface area contributed by atoms with E-state index in [1.807, 2.05) is 109 Å². The van der Waals surface area contributed by atoms with Gasteiger partial charge in [-0.2, -0.15) is 0 Å². The fourth-order valence-electron chi connectivity index (χ4n) is 3.46. The van der Waals surface area contributed by atoms with Crippen LogP contribution in [0.2, 0.25) is 0 Å². The van der Waals surface area contributed by atoms with Crippen molar-refractivity contribution in [2.24, 2.45) is 0 Å². The molecule has 0 saturated heterocycles. The topological polar surface area (TPSA) is 34.1 Å². The van der Waals surface area contributed by atoms with Gasteiger partial charge in [0.1, 0.15) is 0 Å². The maximum absolute atomic E-state index is 12.5. The lowest BCUT2D eigenvalue weighted by Crippen LogP contribution is -2.03. The lowest BCUT2D eigenvalue weighted by atomic mass is 9.97. The highest BCUT2D eigenvalue weighted by molar-refractivity contribution is 5.98. The minimum Gasteiger partial charge on any atom is -0.294 e. The quantitative estimate of drug-likeness (QED) is 0.352. The summed E-state index contributed by atoms with van der Waals surface area (Å²) in [6, 6.07) is 34.8. The second-order valence-corrected chi connectivity index (χ2v) is 7.33. The normalized spacial score (nSPS) is 10.5. The molecule has 0 N–H and O–H groups in total. The van der Waals surface area contributed by atoms with Crippen molar-refractivity contribution >= 4 is 11.6 Å². The Morgan fingerprint density at radius 1 is 0.433 bits per heavy atom. The Bertz CT molecular complexity index is 1030. The van der Waals surface area contributed by atoms with Crippen LogP contribution < -0.4 is 0 Å². The smallest absolute Gasteiger partial charge is 0.167 e. The molecule has 0 heterocycles. The lowest BCUT2D eigenvalue weighted by molar-refractivity contribution is 0.0984. The summed E-state index contributed by atoms with van der Waals surface area (Å²) in [7, 11) is 0. The minimum atomic E-state index is 0.106. The predicted octanol–water partition coefficient (Wildman–Crippen LogP) is 6.20. The Morgan fingerprint density at radius 2 is 0.767 bits per heavy atom. The first-order chi connectivity index (χ1) is 14.7. The van der Waals surface area contributed by atoms with Crippen LogP contribution in [0.5, 0.6) is 0 Å². The highest BCUT2D eigenvalue weighted by Crippen LogP contribution is 2.22. The molecule has 4 aromatic carbocycles. The first-order valence-corrected chi connectivity index (χ1v) is 10.0. The van der Waals surface area contributed by atoms with Crippen molar-refractivity contribution in [1.82, 2.24) is 0 Å². The molecule has 2 heteroatoms. The molecule has 0 atom stereocenters. The van der Waals surface area contributed by atoms with Crippen molar-refractivity contribution in [3.63, 3.8) is 0 Å². The standard InChI is InChI=1S/C28H22O2/c29-27(19-21-7-3-1-4-8-21)25-15-11-23(12-16-25)24-13-17-26(18-14-24)28(30)20-22-9-5-2-6-10-22/h1-18H,19-20H2. The van der Waals surface area contributed by atoms with E-state index >= 15 is 0 Å². The fraction of sp³-hybridized carbons (Fsp3) is 0.0714. The Hall–Kier alpha value is -3.78. The van der Waals surface area contributed by atoms with E-state index < -0.39 is 0 Å². The van der Waals surface area contributed by atoms with E-state index in [-0.39, 0.29) is 11.6 Å². The van der Waals surface area contributed by atoms with Gasteiger partial charge in [-0.3, -0.25) is 9.59 Å². The molecule has 4 aromatic rings. The number of carbonyl (C=O) groups is 2. The SMILES string of the molecule is O=C(Cc1ccccc1)c1ccc(-c2ccc(C(=O)Cc3ccccc3)cc2)cc1. The van der Waals surface area contributed by atoms with Gasteiger partial charge in [0.2, 0.25) is 0 Å². The molecule has 146 valence electrons. The summed E-state index contributed by atoms with van der Waals surface area (Å²) in [5.74, 6) is 0.212. The van der Waals surface area contributed by atoms with Crippen LogP contribution in [-0.2, 0) is 12.8 Å². The van der Waals surface area contributed by atoms with E-state index in [1.54, 1.807) is 0 Å². The van der Waals surface area contributed by atoms with Crippen molar-refractivity contribution in [2.45, 2.75) is 12.8 Å². The average molecular weight is 390 g/mol. The van der Waals surface area contributed by atoms with Crippen LogP contribution in [-0.4, -0.2) is 11.6 Å². The van der Waals surface area contributed by atoms with Gasteiger partial charge in [0.25, 0.3) is 0 Å². The van der Waals surface area contributed by atoms with E-state index in [0.29, 0.717) is 24.0 Å². The highest BCUT2D eigenvalue weighted by atomic mass is 16.1. The van der Waals surface area contributed by atoms with Crippen LogP contribution in [0.3, 0.4) is 0 Å². The third kappa shape index (κ3) is 4.79. The lowest BCUT2D eigenvalue weighted by Gasteiger charge is -2.06. The molecule has 0 aliphatic carbocycles. The molecule has 0 saturated carbocycles. The van der Waals surface area contributed by atoms with Gasteiger partial charge >= 0.3 is 0 Å². The molecule has 0 radical (unpaired) electrons. The number of ketones is 2. The fourth-order valence-corrected chi connectivity index (χ4v) is 3.46. The zero-order chi connectivity index (χ0) is 20.8. The molecule has 0 fully saturated rings. The van der Waals surface area contributed by atoms with Crippen molar-refractivity contribution in [3.05, 3.63) is 131 Å². The molecular formula is C28H22O2. The van der Waals surface area contributed by atoms with Gasteiger partial charge in [-0.15, -0.1) is 0 Å². The Kier molecular flexibility index (Phi) is 5.95. The Labute approximate surface area is 176 Å². The zero-order valence-electron chi connectivity index (χ0n) is 16.6. The number of rotatable bonds is 7. The number of benzene rings is 4. The molecule has 0 aliphatic rings. The van der Waals surface area contributed by atoms with E-state index in [0.717, 1.165) is 22.3 Å². The molecule has 0 unspecified atom stereocenters. The summed E-state index contributed by atoms with van der Waals surface area (Å²) in [6.07, 6.45) is 0.802. The molecule has 0 amide bonds. The van der Waals surface area contributed by atoms with Crippen LogP contribution in [0, 0.1) is 0 Å². The van der Waals surface area contributed by atoms with Crippen molar-refractivity contribution in [3.8, 4) is 11.1 Å². The molecule has 0 aliphatic heterocycles. The molecule has 0 spiro atoms. The molecule has 2 nitrogen and oxygen atoms in total. The van der Waals surface area contributed by atoms with Gasteiger partial charge in [0, 0.05) is 24.0 Å². The third-order valence-electron chi connectivity index (χ3n) is 5.16. The number of hydrogen-bond donors (Lipinski definition) is 0. The summed E-state index contributed by atoms with van der Waals surface area (Å²) in [4.78, 5) is 25.0. The van der Waals surface area contributed by atoms with Crippen LogP contribution in [0.4, 0.5) is 0 Å². The Balaban J connectivity index is 1.43. The van der Waals surface area contributed by atoms with Crippen molar-refractivity contribution in [2.75, 3.05) is 0 Å². The largest absolute Gasteiger partial charge is 0.294 e. The Morgan fingerprint density at radius 3 is 1.10 bits per heavy atom. The van der Waals surface area contributed by atoms with Crippen LogP contribution >= 0.6 is 0 Å². The van der Waals surface area contributed by atoms with E-state index in [9.17, 15) is 9.59 Å². The first kappa shape index (κ1) is 19.5. The van der Waals surface area contributed by atoms with Crippen LogP contribution in [0.15, 0.2) is 109 Å². The molecular weight excluding hydrogens is 368 g/mol. The summed E-state index contributed by atoms with van der Waals surface area (Å²) in [5.41, 5.74) is 5.49. The summed E-state index contributed by atoms with van der Waals surface area (Å²) in [5, 5.41) is 0. The summed E-state index contributed by atoms with van der Waals surface area (Å²) in [6.45, 7) is 0. The van der Waals surface area contributed by atoms with E-state index in [2.05, 4.69) is 0 Å². The predicted molar refractivity (Wildman–Crippen MR) is 121 cm³/mol. The summed E-state index contributed by atoms with van der Waals surface area (Å²) < 4.78 is 0. The molecule has 4 rings (SSSR count). The number of hydrogen-bond acceptors (Lipinski definition) is 2. The van der Waals surface area contributed by atoms with E-state index in [1.165, 1.54) is 0 Å². The zero-order valence-corrected chi connectivity index (χ0v) is 16.6. The molecule has 0 aromatic heterocycles. The van der Waals surface area contributed by atoms with Gasteiger partial charge in [-0.05, 0) is 22.3 Å². The average Bonchev–Trinajstić information content (AvgIpc) is 2.80. The third-order valence-corrected chi connectivity index (χ3v) is 5.16. The molecule has 0 bridgehead atoms.